The Bertz CT molecular complexity index is 838. The van der Waals surface area contributed by atoms with Crippen LogP contribution in [-0.4, -0.2) is 52.9 Å². The SMILES string of the molecule is O=C1c2ccccc2C(=O)N1CCN1CCC(O)(c2ccc(Br)cc2)CC1. The molecule has 0 unspecified atom stereocenters. The van der Waals surface area contributed by atoms with Crippen LogP contribution >= 0.6 is 15.9 Å². The maximum Gasteiger partial charge on any atom is 0.261 e. The van der Waals surface area contributed by atoms with Crippen LogP contribution in [0.2, 0.25) is 0 Å². The van der Waals surface area contributed by atoms with Crippen LogP contribution in [0.5, 0.6) is 0 Å². The maximum absolute atomic E-state index is 12.4. The van der Waals surface area contributed by atoms with Crippen molar-refractivity contribution < 1.29 is 14.7 Å². The number of hydrogen-bond acceptors (Lipinski definition) is 4. The summed E-state index contributed by atoms with van der Waals surface area (Å²) in [5, 5.41) is 11.0. The van der Waals surface area contributed by atoms with E-state index < -0.39 is 5.60 Å². The van der Waals surface area contributed by atoms with Crippen molar-refractivity contribution in [2.45, 2.75) is 18.4 Å². The van der Waals surface area contributed by atoms with Gasteiger partial charge in [-0.15, -0.1) is 0 Å². The Morgan fingerprint density at radius 2 is 1.44 bits per heavy atom. The second kappa shape index (κ2) is 7.19. The zero-order chi connectivity index (χ0) is 19.0. The van der Waals surface area contributed by atoms with E-state index in [9.17, 15) is 14.7 Å². The van der Waals surface area contributed by atoms with E-state index in [0.717, 1.165) is 23.1 Å². The molecule has 27 heavy (non-hydrogen) atoms. The highest BCUT2D eigenvalue weighted by Gasteiger charge is 2.37. The highest BCUT2D eigenvalue weighted by Crippen LogP contribution is 2.33. The van der Waals surface area contributed by atoms with Crippen LogP contribution in [0.1, 0.15) is 39.1 Å². The zero-order valence-corrected chi connectivity index (χ0v) is 16.5. The van der Waals surface area contributed by atoms with Crippen LogP contribution in [0.15, 0.2) is 53.0 Å². The monoisotopic (exact) mass is 428 g/mol. The average molecular weight is 429 g/mol. The van der Waals surface area contributed by atoms with Crippen molar-refractivity contribution in [3.05, 3.63) is 69.7 Å². The maximum atomic E-state index is 12.4. The lowest BCUT2D eigenvalue weighted by Gasteiger charge is -2.39. The molecule has 0 radical (unpaired) electrons. The Morgan fingerprint density at radius 1 is 0.889 bits per heavy atom. The van der Waals surface area contributed by atoms with Gasteiger partial charge in [0, 0.05) is 30.7 Å². The van der Waals surface area contributed by atoms with Crippen LogP contribution in [0.25, 0.3) is 0 Å². The quantitative estimate of drug-likeness (QED) is 0.760. The van der Waals surface area contributed by atoms with Crippen LogP contribution in [0.3, 0.4) is 0 Å². The van der Waals surface area contributed by atoms with Gasteiger partial charge in [0.2, 0.25) is 0 Å². The minimum atomic E-state index is -0.813. The second-order valence-corrected chi connectivity index (χ2v) is 8.10. The Morgan fingerprint density at radius 3 is 2.00 bits per heavy atom. The number of amides is 2. The minimum Gasteiger partial charge on any atom is -0.385 e. The Balaban J connectivity index is 1.35. The van der Waals surface area contributed by atoms with Crippen LogP contribution in [-0.2, 0) is 5.60 Å². The van der Waals surface area contributed by atoms with E-state index in [1.54, 1.807) is 24.3 Å². The van der Waals surface area contributed by atoms with E-state index in [-0.39, 0.29) is 11.8 Å². The summed E-state index contributed by atoms with van der Waals surface area (Å²) in [6.07, 6.45) is 1.27. The number of hydrogen-bond donors (Lipinski definition) is 1. The van der Waals surface area contributed by atoms with Crippen molar-refractivity contribution in [1.82, 2.24) is 9.80 Å². The molecular formula is C21H21BrN2O3. The van der Waals surface area contributed by atoms with Gasteiger partial charge in [-0.05, 0) is 42.7 Å². The van der Waals surface area contributed by atoms with E-state index in [0.29, 0.717) is 37.1 Å². The lowest BCUT2D eigenvalue weighted by molar-refractivity contribution is -0.0267. The van der Waals surface area contributed by atoms with E-state index in [4.69, 9.17) is 0 Å². The van der Waals surface area contributed by atoms with Gasteiger partial charge in [-0.3, -0.25) is 14.5 Å². The van der Waals surface area contributed by atoms with Crippen molar-refractivity contribution in [2.24, 2.45) is 0 Å². The van der Waals surface area contributed by atoms with Crippen molar-refractivity contribution in [3.63, 3.8) is 0 Å². The predicted molar refractivity (Wildman–Crippen MR) is 106 cm³/mol. The summed E-state index contributed by atoms with van der Waals surface area (Å²) < 4.78 is 0.994. The Kier molecular flexibility index (Phi) is 4.88. The van der Waals surface area contributed by atoms with E-state index in [1.807, 2.05) is 24.3 Å². The van der Waals surface area contributed by atoms with Gasteiger partial charge in [0.15, 0.2) is 0 Å². The lowest BCUT2D eigenvalue weighted by atomic mass is 9.84. The number of imide groups is 1. The number of rotatable bonds is 4. The fourth-order valence-corrected chi connectivity index (χ4v) is 4.14. The smallest absolute Gasteiger partial charge is 0.261 e. The van der Waals surface area contributed by atoms with Crippen molar-refractivity contribution in [2.75, 3.05) is 26.2 Å². The molecule has 2 heterocycles. The number of carbonyl (C=O) groups excluding carboxylic acids is 2. The summed E-state index contributed by atoms with van der Waals surface area (Å²) in [5.74, 6) is -0.419. The molecule has 0 aromatic heterocycles. The van der Waals surface area contributed by atoms with Crippen LogP contribution in [0.4, 0.5) is 0 Å². The number of aliphatic hydroxyl groups is 1. The summed E-state index contributed by atoms with van der Waals surface area (Å²) in [5.41, 5.74) is 1.11. The molecule has 6 heteroatoms. The molecule has 5 nitrogen and oxygen atoms in total. The van der Waals surface area contributed by atoms with Gasteiger partial charge >= 0.3 is 0 Å². The molecule has 1 N–H and O–H groups in total. The molecule has 0 bridgehead atoms. The molecule has 2 aliphatic rings. The molecule has 1 saturated heterocycles. The van der Waals surface area contributed by atoms with Crippen molar-refractivity contribution >= 4 is 27.7 Å². The lowest BCUT2D eigenvalue weighted by Crippen LogP contribution is -2.46. The standard InChI is InChI=1S/C21H21BrN2O3/c22-16-7-5-15(6-8-16)21(27)9-11-23(12-10-21)13-14-24-19(25)17-3-1-2-4-18(17)20(24)26/h1-8,27H,9-14H2. The first kappa shape index (κ1) is 18.3. The number of carbonyl (C=O) groups is 2. The molecule has 0 spiro atoms. The minimum absolute atomic E-state index is 0.209. The van der Waals surface area contributed by atoms with Crippen LogP contribution < -0.4 is 0 Å². The van der Waals surface area contributed by atoms with Gasteiger partial charge in [-0.1, -0.05) is 40.2 Å². The zero-order valence-electron chi connectivity index (χ0n) is 14.9. The molecular weight excluding hydrogens is 408 g/mol. The van der Waals surface area contributed by atoms with Crippen molar-refractivity contribution in [3.8, 4) is 0 Å². The topological polar surface area (TPSA) is 60.9 Å². The predicted octanol–water partition coefficient (Wildman–Crippen LogP) is 3.03. The molecule has 2 amide bonds. The fourth-order valence-electron chi connectivity index (χ4n) is 3.88. The summed E-state index contributed by atoms with van der Waals surface area (Å²) in [6, 6.07) is 14.8. The number of benzene rings is 2. The number of halogens is 1. The third-order valence-corrected chi connectivity index (χ3v) is 6.11. The fraction of sp³-hybridized carbons (Fsp3) is 0.333. The third-order valence-electron chi connectivity index (χ3n) is 5.58. The number of likely N-dealkylation sites (tertiary alicyclic amines) is 1. The van der Waals surface area contributed by atoms with Gasteiger partial charge in [0.25, 0.3) is 11.8 Å². The molecule has 2 aromatic rings. The largest absolute Gasteiger partial charge is 0.385 e. The molecule has 2 aromatic carbocycles. The highest BCUT2D eigenvalue weighted by molar-refractivity contribution is 9.10. The molecule has 0 saturated carbocycles. The van der Waals surface area contributed by atoms with E-state index >= 15 is 0 Å². The normalized spacial score (nSPS) is 19.4. The molecule has 0 aliphatic carbocycles. The highest BCUT2D eigenvalue weighted by atomic mass is 79.9. The number of fused-ring (bicyclic) bond motifs is 1. The van der Waals surface area contributed by atoms with Gasteiger partial charge in [-0.25, -0.2) is 0 Å². The summed E-state index contributed by atoms with van der Waals surface area (Å²) in [4.78, 5) is 28.4. The summed E-state index contributed by atoms with van der Waals surface area (Å²) in [6.45, 7) is 2.47. The van der Waals surface area contributed by atoms with Crippen molar-refractivity contribution in [1.29, 1.82) is 0 Å². The molecule has 1 fully saturated rings. The van der Waals surface area contributed by atoms with Gasteiger partial charge < -0.3 is 10.0 Å². The van der Waals surface area contributed by atoms with Gasteiger partial charge in [0.05, 0.1) is 16.7 Å². The molecule has 4 rings (SSSR count). The molecule has 2 aliphatic heterocycles. The van der Waals surface area contributed by atoms with Gasteiger partial charge in [-0.2, -0.15) is 0 Å². The molecule has 0 atom stereocenters. The molecule has 140 valence electrons. The van der Waals surface area contributed by atoms with Gasteiger partial charge in [0.1, 0.15) is 0 Å². The summed E-state index contributed by atoms with van der Waals surface area (Å²) in [7, 11) is 0. The summed E-state index contributed by atoms with van der Waals surface area (Å²) >= 11 is 3.42. The number of nitrogens with zero attached hydrogens (tertiary/aromatic N) is 2. The first-order chi connectivity index (χ1) is 13.0. The van der Waals surface area contributed by atoms with E-state index in [1.165, 1.54) is 4.90 Å². The number of piperidine rings is 1. The Labute approximate surface area is 166 Å². The average Bonchev–Trinajstić information content (AvgIpc) is 2.93. The first-order valence-electron chi connectivity index (χ1n) is 9.14. The van der Waals surface area contributed by atoms with E-state index in [2.05, 4.69) is 20.8 Å². The van der Waals surface area contributed by atoms with Crippen LogP contribution in [0, 0.1) is 0 Å². The Hall–Kier alpha value is -2.02. The first-order valence-corrected chi connectivity index (χ1v) is 9.93. The third kappa shape index (κ3) is 3.45. The second-order valence-electron chi connectivity index (χ2n) is 7.19.